The molecular formula is C13H20N2O3S. The van der Waals surface area contributed by atoms with Gasteiger partial charge in [-0.2, -0.15) is 0 Å². The van der Waals surface area contributed by atoms with Gasteiger partial charge in [-0.05, 0) is 25.0 Å². The Balaban J connectivity index is 2.19. The summed E-state index contributed by atoms with van der Waals surface area (Å²) in [6.45, 7) is 0. The van der Waals surface area contributed by atoms with Crippen LogP contribution in [0.3, 0.4) is 0 Å². The summed E-state index contributed by atoms with van der Waals surface area (Å²) < 4.78 is 32.3. The highest BCUT2D eigenvalue weighted by Crippen LogP contribution is 2.29. The Morgan fingerprint density at radius 2 is 1.95 bits per heavy atom. The summed E-state index contributed by atoms with van der Waals surface area (Å²) in [6.07, 6.45) is 4.50. The zero-order valence-corrected chi connectivity index (χ0v) is 11.9. The SMILES string of the molecule is COc1ccc(N)c(NS(=O)(=O)C2CCCCC2)c1. The molecule has 19 heavy (non-hydrogen) atoms. The zero-order valence-electron chi connectivity index (χ0n) is 11.1. The minimum absolute atomic E-state index is 0.313. The number of sulfonamides is 1. The van der Waals surface area contributed by atoms with E-state index >= 15 is 0 Å². The third-order valence-corrected chi connectivity index (χ3v) is 5.36. The maximum Gasteiger partial charge on any atom is 0.235 e. The fraction of sp³-hybridized carbons (Fsp3) is 0.538. The molecule has 1 aliphatic rings. The lowest BCUT2D eigenvalue weighted by Crippen LogP contribution is -2.30. The van der Waals surface area contributed by atoms with E-state index in [0.29, 0.717) is 17.1 Å². The predicted octanol–water partition coefficient (Wildman–Crippen LogP) is 2.35. The molecule has 2 rings (SSSR count). The summed E-state index contributed by atoms with van der Waals surface area (Å²) in [6, 6.07) is 4.95. The summed E-state index contributed by atoms with van der Waals surface area (Å²) in [7, 11) is -1.84. The lowest BCUT2D eigenvalue weighted by Gasteiger charge is -2.23. The Labute approximate surface area is 114 Å². The first kappa shape index (κ1) is 14.0. The maximum absolute atomic E-state index is 12.3. The van der Waals surface area contributed by atoms with Gasteiger partial charge in [0.2, 0.25) is 10.0 Å². The van der Waals surface area contributed by atoms with Crippen LogP contribution in [0.5, 0.6) is 5.75 Å². The van der Waals surface area contributed by atoms with Gasteiger partial charge in [0.1, 0.15) is 5.75 Å². The molecule has 0 bridgehead atoms. The Bertz CT molecular complexity index is 537. The summed E-state index contributed by atoms with van der Waals surface area (Å²) in [5, 5.41) is -0.313. The highest BCUT2D eigenvalue weighted by atomic mass is 32.2. The molecule has 0 saturated heterocycles. The van der Waals surface area contributed by atoms with E-state index in [-0.39, 0.29) is 5.25 Å². The van der Waals surface area contributed by atoms with Crippen LogP contribution in [0.15, 0.2) is 18.2 Å². The van der Waals surface area contributed by atoms with Gasteiger partial charge in [0.15, 0.2) is 0 Å². The van der Waals surface area contributed by atoms with E-state index in [1.165, 1.54) is 7.11 Å². The first-order chi connectivity index (χ1) is 9.03. The number of benzene rings is 1. The van der Waals surface area contributed by atoms with Crippen LogP contribution in [0.1, 0.15) is 32.1 Å². The van der Waals surface area contributed by atoms with Crippen molar-refractivity contribution in [2.75, 3.05) is 17.6 Å². The Morgan fingerprint density at radius 3 is 2.58 bits per heavy atom. The second kappa shape index (κ2) is 5.69. The van der Waals surface area contributed by atoms with E-state index in [4.69, 9.17) is 10.5 Å². The number of rotatable bonds is 4. The molecule has 0 radical (unpaired) electrons. The van der Waals surface area contributed by atoms with Crippen molar-refractivity contribution in [1.29, 1.82) is 0 Å². The van der Waals surface area contributed by atoms with Gasteiger partial charge in [0.25, 0.3) is 0 Å². The number of methoxy groups -OCH3 is 1. The summed E-state index contributed by atoms with van der Waals surface area (Å²) in [5.41, 5.74) is 6.59. The van der Waals surface area contributed by atoms with Crippen LogP contribution in [0, 0.1) is 0 Å². The van der Waals surface area contributed by atoms with Crippen molar-refractivity contribution < 1.29 is 13.2 Å². The molecule has 6 heteroatoms. The van der Waals surface area contributed by atoms with Crippen molar-refractivity contribution in [3.05, 3.63) is 18.2 Å². The summed E-state index contributed by atoms with van der Waals surface area (Å²) in [4.78, 5) is 0. The van der Waals surface area contributed by atoms with Crippen LogP contribution < -0.4 is 15.2 Å². The first-order valence-electron chi connectivity index (χ1n) is 6.48. The van der Waals surface area contributed by atoms with Gasteiger partial charge in [0.05, 0.1) is 23.7 Å². The number of anilines is 2. The number of hydrogen-bond donors (Lipinski definition) is 2. The molecule has 5 nitrogen and oxygen atoms in total. The summed E-state index contributed by atoms with van der Waals surface area (Å²) >= 11 is 0. The second-order valence-electron chi connectivity index (χ2n) is 4.86. The Kier molecular flexibility index (Phi) is 4.19. The molecular weight excluding hydrogens is 264 g/mol. The highest BCUT2D eigenvalue weighted by molar-refractivity contribution is 7.93. The van der Waals surface area contributed by atoms with Gasteiger partial charge in [0, 0.05) is 6.07 Å². The van der Waals surface area contributed by atoms with E-state index in [1.54, 1.807) is 18.2 Å². The molecule has 0 aromatic heterocycles. The molecule has 0 atom stereocenters. The van der Waals surface area contributed by atoms with E-state index in [2.05, 4.69) is 4.72 Å². The first-order valence-corrected chi connectivity index (χ1v) is 8.03. The third kappa shape index (κ3) is 3.32. The van der Waals surface area contributed by atoms with Gasteiger partial charge in [-0.15, -0.1) is 0 Å². The third-order valence-electron chi connectivity index (χ3n) is 3.50. The van der Waals surface area contributed by atoms with Gasteiger partial charge in [-0.3, -0.25) is 4.72 Å². The molecule has 1 aromatic rings. The fourth-order valence-corrected chi connectivity index (χ4v) is 3.97. The fourth-order valence-electron chi connectivity index (χ4n) is 2.36. The molecule has 0 heterocycles. The molecule has 1 aliphatic carbocycles. The lowest BCUT2D eigenvalue weighted by atomic mass is 10.0. The number of nitrogens with one attached hydrogen (secondary N) is 1. The predicted molar refractivity (Wildman–Crippen MR) is 76.8 cm³/mol. The minimum Gasteiger partial charge on any atom is -0.497 e. The van der Waals surface area contributed by atoms with Crippen molar-refractivity contribution in [1.82, 2.24) is 0 Å². The molecule has 3 N–H and O–H groups in total. The monoisotopic (exact) mass is 284 g/mol. The van der Waals surface area contributed by atoms with Crippen LogP contribution in [0.25, 0.3) is 0 Å². The molecule has 0 amide bonds. The zero-order chi connectivity index (χ0) is 13.9. The van der Waals surface area contributed by atoms with E-state index in [9.17, 15) is 8.42 Å². The van der Waals surface area contributed by atoms with Crippen LogP contribution in [0.4, 0.5) is 11.4 Å². The standard InChI is InChI=1S/C13H20N2O3S/c1-18-10-7-8-12(14)13(9-10)15-19(16,17)11-5-3-2-4-6-11/h7-9,11,15H,2-6,14H2,1H3. The number of hydrogen-bond acceptors (Lipinski definition) is 4. The average Bonchev–Trinajstić information content (AvgIpc) is 2.42. The number of ether oxygens (including phenoxy) is 1. The van der Waals surface area contributed by atoms with Gasteiger partial charge < -0.3 is 10.5 Å². The number of nitrogen functional groups attached to an aromatic ring is 1. The summed E-state index contributed by atoms with van der Waals surface area (Å²) in [5.74, 6) is 0.579. The average molecular weight is 284 g/mol. The lowest BCUT2D eigenvalue weighted by molar-refractivity contribution is 0.415. The van der Waals surface area contributed by atoms with Crippen molar-refractivity contribution in [2.24, 2.45) is 0 Å². The van der Waals surface area contributed by atoms with Gasteiger partial charge in [-0.1, -0.05) is 19.3 Å². The maximum atomic E-state index is 12.3. The molecule has 1 saturated carbocycles. The number of nitrogens with two attached hydrogens (primary N) is 1. The largest absolute Gasteiger partial charge is 0.497 e. The highest BCUT2D eigenvalue weighted by Gasteiger charge is 2.27. The Hall–Kier alpha value is -1.43. The van der Waals surface area contributed by atoms with Crippen LogP contribution in [-0.4, -0.2) is 20.8 Å². The van der Waals surface area contributed by atoms with Crippen molar-refractivity contribution in [2.45, 2.75) is 37.4 Å². The molecule has 0 spiro atoms. The molecule has 1 aromatic carbocycles. The van der Waals surface area contributed by atoms with E-state index in [1.807, 2.05) is 0 Å². The molecule has 0 unspecified atom stereocenters. The van der Waals surface area contributed by atoms with Gasteiger partial charge in [-0.25, -0.2) is 8.42 Å². The van der Waals surface area contributed by atoms with Crippen LogP contribution in [0.2, 0.25) is 0 Å². The van der Waals surface area contributed by atoms with E-state index < -0.39 is 10.0 Å². The topological polar surface area (TPSA) is 81.4 Å². The second-order valence-corrected chi connectivity index (χ2v) is 6.82. The van der Waals surface area contributed by atoms with Crippen LogP contribution in [-0.2, 0) is 10.0 Å². The quantitative estimate of drug-likeness (QED) is 0.832. The van der Waals surface area contributed by atoms with Crippen LogP contribution >= 0.6 is 0 Å². The normalized spacial score (nSPS) is 17.1. The minimum atomic E-state index is -3.37. The van der Waals surface area contributed by atoms with Crippen molar-refractivity contribution >= 4 is 21.4 Å². The smallest absolute Gasteiger partial charge is 0.235 e. The van der Waals surface area contributed by atoms with E-state index in [0.717, 1.165) is 32.1 Å². The molecule has 0 aliphatic heterocycles. The van der Waals surface area contributed by atoms with Crippen molar-refractivity contribution in [3.8, 4) is 5.75 Å². The Morgan fingerprint density at radius 1 is 1.26 bits per heavy atom. The van der Waals surface area contributed by atoms with Crippen molar-refractivity contribution in [3.63, 3.8) is 0 Å². The van der Waals surface area contributed by atoms with Gasteiger partial charge >= 0.3 is 0 Å². The molecule has 1 fully saturated rings. The molecule has 106 valence electrons.